The fourth-order valence-electron chi connectivity index (χ4n) is 3.64. The van der Waals surface area contributed by atoms with Gasteiger partial charge in [0.25, 0.3) is 5.91 Å². The first-order chi connectivity index (χ1) is 15.2. The van der Waals surface area contributed by atoms with Crippen molar-refractivity contribution in [2.24, 2.45) is 0 Å². The van der Waals surface area contributed by atoms with Crippen LogP contribution in [0.2, 0.25) is 0 Å². The van der Waals surface area contributed by atoms with Gasteiger partial charge in [0.1, 0.15) is 6.61 Å². The zero-order valence-electron chi connectivity index (χ0n) is 17.2. The normalized spacial score (nSPS) is 14.3. The minimum absolute atomic E-state index is 0.110. The second kappa shape index (κ2) is 9.34. The highest BCUT2D eigenvalue weighted by atomic mass is 16.5. The summed E-state index contributed by atoms with van der Waals surface area (Å²) < 4.78 is 16.7. The SMILES string of the molecule is COc1ccc(C(=O)Nc2ccccc2)c2c1OCC2CC(=O)OCc1ccccc1. The Kier molecular flexibility index (Phi) is 6.17. The molecule has 3 aromatic rings. The number of carbonyl (C=O) groups is 2. The van der Waals surface area contributed by atoms with E-state index in [0.717, 1.165) is 5.56 Å². The van der Waals surface area contributed by atoms with Gasteiger partial charge in [-0.1, -0.05) is 48.5 Å². The van der Waals surface area contributed by atoms with Crippen LogP contribution in [0.15, 0.2) is 72.8 Å². The van der Waals surface area contributed by atoms with Gasteiger partial charge in [0.15, 0.2) is 11.5 Å². The number of hydrogen-bond acceptors (Lipinski definition) is 5. The zero-order valence-corrected chi connectivity index (χ0v) is 17.2. The van der Waals surface area contributed by atoms with Crippen molar-refractivity contribution in [3.8, 4) is 11.5 Å². The van der Waals surface area contributed by atoms with Crippen LogP contribution in [0.3, 0.4) is 0 Å². The molecule has 1 atom stereocenters. The Bertz CT molecular complexity index is 1070. The number of esters is 1. The monoisotopic (exact) mass is 417 g/mol. The molecule has 1 N–H and O–H groups in total. The molecule has 1 aliphatic rings. The predicted octanol–water partition coefficient (Wildman–Crippen LogP) is 4.56. The van der Waals surface area contributed by atoms with Crippen molar-refractivity contribution in [2.75, 3.05) is 19.0 Å². The molecule has 4 rings (SSSR count). The maximum atomic E-state index is 13.0. The third kappa shape index (κ3) is 4.69. The number of amides is 1. The Morgan fingerprint density at radius 1 is 1.00 bits per heavy atom. The summed E-state index contributed by atoms with van der Waals surface area (Å²) in [5.74, 6) is 0.126. The maximum Gasteiger partial charge on any atom is 0.306 e. The molecule has 3 aromatic carbocycles. The minimum atomic E-state index is -0.345. The summed E-state index contributed by atoms with van der Waals surface area (Å²) in [6.45, 7) is 0.487. The lowest BCUT2D eigenvalue weighted by molar-refractivity contribution is -0.145. The van der Waals surface area contributed by atoms with E-state index in [1.54, 1.807) is 19.2 Å². The van der Waals surface area contributed by atoms with Gasteiger partial charge in [-0.3, -0.25) is 9.59 Å². The first kappa shape index (κ1) is 20.5. The largest absolute Gasteiger partial charge is 0.493 e. The van der Waals surface area contributed by atoms with Crippen LogP contribution in [0, 0.1) is 0 Å². The van der Waals surface area contributed by atoms with Crippen LogP contribution in [-0.2, 0) is 16.1 Å². The van der Waals surface area contributed by atoms with E-state index in [0.29, 0.717) is 28.3 Å². The summed E-state index contributed by atoms with van der Waals surface area (Å²) in [4.78, 5) is 25.5. The molecule has 31 heavy (non-hydrogen) atoms. The van der Waals surface area contributed by atoms with E-state index in [-0.39, 0.29) is 37.4 Å². The number of hydrogen-bond donors (Lipinski definition) is 1. The van der Waals surface area contributed by atoms with Gasteiger partial charge in [-0.15, -0.1) is 0 Å². The van der Waals surface area contributed by atoms with E-state index in [4.69, 9.17) is 14.2 Å². The Balaban J connectivity index is 1.53. The zero-order chi connectivity index (χ0) is 21.6. The van der Waals surface area contributed by atoms with E-state index in [1.165, 1.54) is 0 Å². The molecule has 0 fully saturated rings. The van der Waals surface area contributed by atoms with E-state index < -0.39 is 0 Å². The quantitative estimate of drug-likeness (QED) is 0.571. The van der Waals surface area contributed by atoms with Gasteiger partial charge < -0.3 is 19.5 Å². The van der Waals surface area contributed by atoms with Gasteiger partial charge in [0.05, 0.1) is 20.1 Å². The van der Waals surface area contributed by atoms with Gasteiger partial charge in [-0.25, -0.2) is 0 Å². The third-order valence-corrected chi connectivity index (χ3v) is 5.15. The summed E-state index contributed by atoms with van der Waals surface area (Å²) in [5.41, 5.74) is 2.74. The molecule has 0 saturated carbocycles. The third-order valence-electron chi connectivity index (χ3n) is 5.15. The van der Waals surface area contributed by atoms with Crippen molar-refractivity contribution >= 4 is 17.6 Å². The van der Waals surface area contributed by atoms with Crippen molar-refractivity contribution in [1.82, 2.24) is 0 Å². The molecule has 1 amide bonds. The van der Waals surface area contributed by atoms with Crippen molar-refractivity contribution < 1.29 is 23.8 Å². The van der Waals surface area contributed by atoms with Crippen molar-refractivity contribution in [1.29, 1.82) is 0 Å². The Morgan fingerprint density at radius 2 is 1.71 bits per heavy atom. The van der Waals surface area contributed by atoms with Crippen molar-refractivity contribution in [3.63, 3.8) is 0 Å². The second-order valence-electron chi connectivity index (χ2n) is 7.24. The van der Waals surface area contributed by atoms with Gasteiger partial charge in [-0.2, -0.15) is 0 Å². The van der Waals surface area contributed by atoms with Crippen LogP contribution in [0.4, 0.5) is 5.69 Å². The molecular formula is C25H23NO5. The average molecular weight is 417 g/mol. The highest BCUT2D eigenvalue weighted by molar-refractivity contribution is 6.06. The van der Waals surface area contributed by atoms with E-state index >= 15 is 0 Å². The molecule has 6 nitrogen and oxygen atoms in total. The number of anilines is 1. The number of fused-ring (bicyclic) bond motifs is 1. The standard InChI is InChI=1S/C25H23NO5/c1-29-21-13-12-20(25(28)26-19-10-6-3-7-11-19)23-18(16-31-24(21)23)14-22(27)30-15-17-8-4-2-5-9-17/h2-13,18H,14-16H2,1H3,(H,26,28). The van der Waals surface area contributed by atoms with Crippen molar-refractivity contribution in [3.05, 3.63) is 89.5 Å². The van der Waals surface area contributed by atoms with Crippen LogP contribution in [0.25, 0.3) is 0 Å². The van der Waals surface area contributed by atoms with Gasteiger partial charge in [-0.05, 0) is 29.8 Å². The summed E-state index contributed by atoms with van der Waals surface area (Å²) in [7, 11) is 1.55. The first-order valence-corrected chi connectivity index (χ1v) is 10.1. The molecular weight excluding hydrogens is 394 g/mol. The van der Waals surface area contributed by atoms with Gasteiger partial charge in [0.2, 0.25) is 0 Å². The molecule has 0 saturated heterocycles. The molecule has 1 aliphatic heterocycles. The Hall–Kier alpha value is -3.80. The second-order valence-corrected chi connectivity index (χ2v) is 7.24. The highest BCUT2D eigenvalue weighted by Gasteiger charge is 2.34. The Labute approximate surface area is 180 Å². The predicted molar refractivity (Wildman–Crippen MR) is 116 cm³/mol. The van der Waals surface area contributed by atoms with Crippen LogP contribution in [-0.4, -0.2) is 25.6 Å². The van der Waals surface area contributed by atoms with Crippen LogP contribution < -0.4 is 14.8 Å². The number of nitrogens with one attached hydrogen (secondary N) is 1. The summed E-state index contributed by atoms with van der Waals surface area (Å²) in [5, 5.41) is 2.89. The molecule has 6 heteroatoms. The number of rotatable bonds is 7. The fraction of sp³-hybridized carbons (Fsp3) is 0.200. The molecule has 0 aromatic heterocycles. The molecule has 1 unspecified atom stereocenters. The lowest BCUT2D eigenvalue weighted by Gasteiger charge is -2.15. The topological polar surface area (TPSA) is 73.9 Å². The molecule has 158 valence electrons. The summed E-state index contributed by atoms with van der Waals surface area (Å²) >= 11 is 0. The lowest BCUT2D eigenvalue weighted by atomic mass is 9.92. The number of benzene rings is 3. The molecule has 0 radical (unpaired) electrons. The summed E-state index contributed by atoms with van der Waals surface area (Å²) in [6, 6.07) is 22.1. The van der Waals surface area contributed by atoms with E-state index in [1.807, 2.05) is 60.7 Å². The van der Waals surface area contributed by atoms with Crippen LogP contribution >= 0.6 is 0 Å². The first-order valence-electron chi connectivity index (χ1n) is 10.1. The number of para-hydroxylation sites is 1. The maximum absolute atomic E-state index is 13.0. The van der Waals surface area contributed by atoms with E-state index in [2.05, 4.69) is 5.32 Å². The minimum Gasteiger partial charge on any atom is -0.493 e. The lowest BCUT2D eigenvalue weighted by Crippen LogP contribution is -2.17. The van der Waals surface area contributed by atoms with E-state index in [9.17, 15) is 9.59 Å². The molecule has 1 heterocycles. The number of methoxy groups -OCH3 is 1. The molecule has 0 bridgehead atoms. The molecule has 0 spiro atoms. The van der Waals surface area contributed by atoms with Crippen LogP contribution in [0.5, 0.6) is 11.5 Å². The highest BCUT2D eigenvalue weighted by Crippen LogP contribution is 2.45. The number of ether oxygens (including phenoxy) is 3. The average Bonchev–Trinajstić information content (AvgIpc) is 3.22. The molecule has 0 aliphatic carbocycles. The smallest absolute Gasteiger partial charge is 0.306 e. The van der Waals surface area contributed by atoms with Gasteiger partial charge >= 0.3 is 5.97 Å². The van der Waals surface area contributed by atoms with Crippen LogP contribution in [0.1, 0.15) is 33.8 Å². The fourth-order valence-corrected chi connectivity index (χ4v) is 3.64. The number of carbonyl (C=O) groups excluding carboxylic acids is 2. The Morgan fingerprint density at radius 3 is 2.42 bits per heavy atom. The summed E-state index contributed by atoms with van der Waals surface area (Å²) in [6.07, 6.45) is 0.110. The van der Waals surface area contributed by atoms with Crippen molar-refractivity contribution in [2.45, 2.75) is 18.9 Å². The van der Waals surface area contributed by atoms with Gasteiger partial charge in [0, 0.05) is 22.7 Å².